The van der Waals surface area contributed by atoms with Crippen LogP contribution in [0, 0.1) is 10.1 Å². The van der Waals surface area contributed by atoms with Crippen LogP contribution in [0.2, 0.25) is 0 Å². The lowest BCUT2D eigenvalue weighted by molar-refractivity contribution is -0.399. The quantitative estimate of drug-likeness (QED) is 0.300. The molecule has 0 aliphatic carbocycles. The second kappa shape index (κ2) is 3.41. The van der Waals surface area contributed by atoms with Crippen LogP contribution >= 0.6 is 10.5 Å². The summed E-state index contributed by atoms with van der Waals surface area (Å²) in [5.74, 6) is 0. The fourth-order valence-electron chi connectivity index (χ4n) is 0.148. The third-order valence-electron chi connectivity index (χ3n) is 0.394. The molecule has 8 heavy (non-hydrogen) atoms. The molecule has 0 heterocycles. The summed E-state index contributed by atoms with van der Waals surface area (Å²) in [5.41, 5.74) is 0. The van der Waals surface area contributed by atoms with Gasteiger partial charge in [0, 0.05) is 0 Å². The zero-order chi connectivity index (χ0) is 6.57. The van der Waals surface area contributed by atoms with E-state index < -0.39 is 4.92 Å². The van der Waals surface area contributed by atoms with E-state index in [0.29, 0.717) is 0 Å². The lowest BCUT2D eigenvalue weighted by atomic mass is 11.1. The second-order valence-electron chi connectivity index (χ2n) is 1.35. The minimum atomic E-state index is -0.507. The van der Waals surface area contributed by atoms with E-state index in [1.54, 1.807) is 0 Å². The summed E-state index contributed by atoms with van der Waals surface area (Å²) in [7, 11) is -0.0834. The van der Waals surface area contributed by atoms with Crippen molar-refractivity contribution in [3.05, 3.63) is 16.3 Å². The summed E-state index contributed by atoms with van der Waals surface area (Å²) >= 11 is 0. The van der Waals surface area contributed by atoms with Gasteiger partial charge >= 0.3 is 0 Å². The minimum Gasteiger partial charge on any atom is -0.258 e. The predicted octanol–water partition coefficient (Wildman–Crippen LogP) is 0.706. The maximum Gasteiger partial charge on any atom is 0.282 e. The Labute approximate surface area is 50.1 Å². The minimum absolute atomic E-state index is 0.0834. The van der Waals surface area contributed by atoms with Gasteiger partial charge in [-0.2, -0.15) is 0 Å². The number of rotatable bonds is 1. The molecule has 0 aromatic carbocycles. The van der Waals surface area contributed by atoms with Crippen molar-refractivity contribution in [1.82, 2.24) is 0 Å². The van der Waals surface area contributed by atoms with Crippen LogP contribution in [0.25, 0.3) is 0 Å². The molecule has 0 saturated heterocycles. The Kier molecular flexibility index (Phi) is 3.15. The topological polar surface area (TPSA) is 43.1 Å². The molecule has 0 bridgehead atoms. The van der Waals surface area contributed by atoms with E-state index >= 15 is 0 Å². The van der Waals surface area contributed by atoms with Gasteiger partial charge in [0.25, 0.3) is 6.20 Å². The van der Waals surface area contributed by atoms with Gasteiger partial charge in [-0.3, -0.25) is 10.1 Å². The van der Waals surface area contributed by atoms with Crippen molar-refractivity contribution in [2.45, 2.75) is 0 Å². The smallest absolute Gasteiger partial charge is 0.258 e. The molecule has 0 radical (unpaired) electrons. The molecule has 0 saturated carbocycles. The Morgan fingerprint density at radius 3 is 2.38 bits per heavy atom. The molecule has 0 unspecified atom stereocenters. The van der Waals surface area contributed by atoms with Crippen molar-refractivity contribution in [2.24, 2.45) is 0 Å². The Hall–Kier alpha value is -0.600. The Morgan fingerprint density at radius 1 is 1.75 bits per heavy atom. The molecule has 0 spiro atoms. The fraction of sp³-hybridized carbons (Fsp3) is 0.500. The van der Waals surface area contributed by atoms with Gasteiger partial charge in [0.05, 0.1) is 4.92 Å². The predicted molar refractivity (Wildman–Crippen MR) is 36.0 cm³/mol. The van der Waals surface area contributed by atoms with Crippen molar-refractivity contribution < 1.29 is 4.92 Å². The summed E-state index contributed by atoms with van der Waals surface area (Å²) in [5, 5.41) is 12.1. The van der Waals surface area contributed by atoms with Gasteiger partial charge in [-0.05, 0) is 17.5 Å². The van der Waals surface area contributed by atoms with E-state index in [1.807, 2.05) is 12.5 Å². The monoisotopic (exact) mass is 133 g/mol. The molecule has 0 aromatic heterocycles. The van der Waals surface area contributed by atoms with E-state index in [-0.39, 0.29) is 10.5 Å². The van der Waals surface area contributed by atoms with Crippen molar-refractivity contribution >= 4 is 15.5 Å². The summed E-state index contributed by atoms with van der Waals surface area (Å²) in [4.78, 5) is 9.09. The number of nitro groups is 1. The maximum absolute atomic E-state index is 9.60. The molecule has 0 atom stereocenters. The van der Waals surface area contributed by atoms with Gasteiger partial charge in [0.2, 0.25) is 0 Å². The average molecular weight is 133 g/mol. The summed E-state index contributed by atoms with van der Waals surface area (Å²) in [6.45, 7) is 0. The van der Waals surface area contributed by atoms with E-state index in [4.69, 9.17) is 0 Å². The normalized spacial score (nSPS) is 8.38. The highest BCUT2D eigenvalue weighted by Crippen LogP contribution is 1.90. The zero-order valence-electron chi connectivity index (χ0n) is 4.75. The van der Waals surface area contributed by atoms with Crippen LogP contribution in [0.1, 0.15) is 0 Å². The van der Waals surface area contributed by atoms with E-state index in [2.05, 4.69) is 5.02 Å². The largest absolute Gasteiger partial charge is 0.282 e. The SMILES string of the molecule is CS(C)=C=C[N+](=O)[O-]. The second-order valence-corrected chi connectivity index (χ2v) is 3.22. The van der Waals surface area contributed by atoms with Gasteiger partial charge in [-0.15, -0.1) is 10.5 Å². The number of nitrogens with zero attached hydrogens (tertiary/aromatic N) is 1. The van der Waals surface area contributed by atoms with Gasteiger partial charge in [0.1, 0.15) is 0 Å². The lowest BCUT2D eigenvalue weighted by Gasteiger charge is -1.75. The van der Waals surface area contributed by atoms with Gasteiger partial charge < -0.3 is 0 Å². The molecular formula is C4H7NO2S. The van der Waals surface area contributed by atoms with E-state index in [1.165, 1.54) is 0 Å². The van der Waals surface area contributed by atoms with Crippen LogP contribution in [-0.2, 0) is 0 Å². The fourth-order valence-corrected chi connectivity index (χ4v) is 0.445. The highest BCUT2D eigenvalue weighted by Gasteiger charge is 1.77. The van der Waals surface area contributed by atoms with Crippen molar-refractivity contribution in [3.63, 3.8) is 0 Å². The molecule has 0 N–H and O–H groups in total. The van der Waals surface area contributed by atoms with E-state index in [9.17, 15) is 10.1 Å². The molecule has 0 rings (SSSR count). The Balaban J connectivity index is 4.03. The highest BCUT2D eigenvalue weighted by atomic mass is 32.2. The summed E-state index contributed by atoms with van der Waals surface area (Å²) < 4.78 is 0. The van der Waals surface area contributed by atoms with Crippen LogP contribution < -0.4 is 0 Å². The van der Waals surface area contributed by atoms with E-state index in [0.717, 1.165) is 6.20 Å². The molecule has 4 heteroatoms. The van der Waals surface area contributed by atoms with Crippen molar-refractivity contribution in [1.29, 1.82) is 0 Å². The van der Waals surface area contributed by atoms with Crippen LogP contribution in [0.3, 0.4) is 0 Å². The highest BCUT2D eigenvalue weighted by molar-refractivity contribution is 8.13. The van der Waals surface area contributed by atoms with Crippen LogP contribution in [-0.4, -0.2) is 22.5 Å². The van der Waals surface area contributed by atoms with Gasteiger partial charge in [-0.1, -0.05) is 0 Å². The first-order chi connectivity index (χ1) is 3.63. The summed E-state index contributed by atoms with van der Waals surface area (Å²) in [6.07, 6.45) is 4.57. The van der Waals surface area contributed by atoms with Crippen molar-refractivity contribution in [3.8, 4) is 0 Å². The molecule has 0 fully saturated rings. The molecule has 3 nitrogen and oxygen atoms in total. The third-order valence-corrected chi connectivity index (χ3v) is 0.971. The first kappa shape index (κ1) is 7.40. The Bertz CT molecular complexity index is 153. The van der Waals surface area contributed by atoms with Crippen molar-refractivity contribution in [2.75, 3.05) is 12.5 Å². The van der Waals surface area contributed by atoms with Gasteiger partial charge in [-0.25, -0.2) is 0 Å². The molecular weight excluding hydrogens is 126 g/mol. The molecule has 46 valence electrons. The first-order valence-corrected chi connectivity index (χ1v) is 3.97. The summed E-state index contributed by atoms with van der Waals surface area (Å²) in [6, 6.07) is 0. The average Bonchev–Trinajstić information content (AvgIpc) is 1.61. The number of hydrogen-bond acceptors (Lipinski definition) is 2. The zero-order valence-corrected chi connectivity index (χ0v) is 5.57. The lowest BCUT2D eigenvalue weighted by Crippen LogP contribution is -1.81. The maximum atomic E-state index is 9.60. The van der Waals surface area contributed by atoms with Gasteiger partial charge in [0.15, 0.2) is 0 Å². The molecule has 0 amide bonds. The standard InChI is InChI=1S/C4H7NO2S/c1-8(2)4-3-5(6)7/h3H,1-2H3. The first-order valence-electron chi connectivity index (χ1n) is 1.93. The van der Waals surface area contributed by atoms with Crippen LogP contribution in [0.4, 0.5) is 0 Å². The van der Waals surface area contributed by atoms with Crippen LogP contribution in [0.15, 0.2) is 6.20 Å². The number of hydrogen-bond donors (Lipinski definition) is 0. The molecule has 0 aliphatic rings. The molecule has 0 aliphatic heterocycles. The van der Waals surface area contributed by atoms with Crippen LogP contribution in [0.5, 0.6) is 0 Å². The Morgan fingerprint density at radius 2 is 2.25 bits per heavy atom. The third kappa shape index (κ3) is 5.40. The molecule has 0 aromatic rings.